The Kier molecular flexibility index (Phi) is 8.94. The van der Waals surface area contributed by atoms with Crippen LogP contribution in [0.4, 0.5) is 5.69 Å². The highest BCUT2D eigenvalue weighted by Crippen LogP contribution is 2.25. The highest BCUT2D eigenvalue weighted by Gasteiger charge is 2.23. The minimum atomic E-state index is -0.780. The number of nitrogens with one attached hydrogen (secondary N) is 2. The largest absolute Gasteiger partial charge is 0.497 e. The van der Waals surface area contributed by atoms with E-state index in [-0.39, 0.29) is 22.2 Å². The highest BCUT2D eigenvalue weighted by atomic mass is 35.5. The molecule has 2 amide bonds. The predicted molar refractivity (Wildman–Crippen MR) is 117 cm³/mol. The van der Waals surface area contributed by atoms with Crippen molar-refractivity contribution in [3.05, 3.63) is 68.7 Å². The topological polar surface area (TPSA) is 111 Å². The molecule has 2 rings (SSSR count). The lowest BCUT2D eigenvalue weighted by molar-refractivity contribution is -0.384. The first-order valence-corrected chi connectivity index (χ1v) is 10.8. The van der Waals surface area contributed by atoms with Gasteiger partial charge in [0, 0.05) is 18.2 Å². The normalized spacial score (nSPS) is 11.4. The number of hydrogen-bond acceptors (Lipinski definition) is 6. The number of rotatable bonds is 10. The first-order valence-electron chi connectivity index (χ1n) is 9.00. The molecule has 0 fully saturated rings. The number of nitro groups is 1. The first-order chi connectivity index (χ1) is 14.3. The molecule has 8 nitrogen and oxygen atoms in total. The minimum absolute atomic E-state index is 0.0585. The second kappa shape index (κ2) is 11.4. The zero-order chi connectivity index (χ0) is 22.1. The van der Waals surface area contributed by atoms with Crippen LogP contribution in [0.15, 0.2) is 42.5 Å². The van der Waals surface area contributed by atoms with Crippen molar-refractivity contribution in [1.82, 2.24) is 10.6 Å². The van der Waals surface area contributed by atoms with Crippen LogP contribution in [0, 0.1) is 10.1 Å². The van der Waals surface area contributed by atoms with Crippen LogP contribution in [0.5, 0.6) is 5.75 Å². The molecule has 160 valence electrons. The van der Waals surface area contributed by atoms with E-state index in [9.17, 15) is 19.7 Å². The van der Waals surface area contributed by atoms with Gasteiger partial charge in [-0.3, -0.25) is 19.7 Å². The number of carbonyl (C=O) groups is 2. The van der Waals surface area contributed by atoms with Gasteiger partial charge >= 0.3 is 0 Å². The predicted octanol–water partition coefficient (Wildman–Crippen LogP) is 3.42. The lowest BCUT2D eigenvalue weighted by Crippen LogP contribution is -2.46. The summed E-state index contributed by atoms with van der Waals surface area (Å²) in [5.74, 6) is 0.450. The first kappa shape index (κ1) is 23.5. The van der Waals surface area contributed by atoms with Crippen molar-refractivity contribution in [3.63, 3.8) is 0 Å². The average Bonchev–Trinajstić information content (AvgIpc) is 2.75. The van der Waals surface area contributed by atoms with Crippen LogP contribution in [0.3, 0.4) is 0 Å². The Balaban J connectivity index is 2.06. The van der Waals surface area contributed by atoms with Gasteiger partial charge in [0.15, 0.2) is 0 Å². The Morgan fingerprint density at radius 2 is 1.93 bits per heavy atom. The fraction of sp³-hybridized carbons (Fsp3) is 0.300. The number of nitro benzene ring substituents is 1. The van der Waals surface area contributed by atoms with Gasteiger partial charge < -0.3 is 15.4 Å². The van der Waals surface area contributed by atoms with Crippen LogP contribution in [0.1, 0.15) is 22.3 Å². The summed E-state index contributed by atoms with van der Waals surface area (Å²) in [6.07, 6.45) is 2.31. The van der Waals surface area contributed by atoms with Crippen LogP contribution < -0.4 is 15.4 Å². The fourth-order valence-corrected chi connectivity index (χ4v) is 3.25. The summed E-state index contributed by atoms with van der Waals surface area (Å²) < 4.78 is 5.11. The Morgan fingerprint density at radius 1 is 1.23 bits per heavy atom. The van der Waals surface area contributed by atoms with Gasteiger partial charge in [0.2, 0.25) is 5.91 Å². The smallest absolute Gasteiger partial charge is 0.288 e. The summed E-state index contributed by atoms with van der Waals surface area (Å²) in [6.45, 7) is 0.293. The molecular formula is C20H22ClN3O5S. The molecule has 2 aromatic rings. The van der Waals surface area contributed by atoms with Crippen LogP contribution >= 0.6 is 23.4 Å². The van der Waals surface area contributed by atoms with Crippen molar-refractivity contribution >= 4 is 40.9 Å². The van der Waals surface area contributed by atoms with Gasteiger partial charge in [0.1, 0.15) is 16.8 Å². The summed E-state index contributed by atoms with van der Waals surface area (Å²) in [7, 11) is 1.57. The molecule has 1 unspecified atom stereocenters. The molecule has 2 aromatic carbocycles. The summed E-state index contributed by atoms with van der Waals surface area (Å²) in [6, 6.07) is 10.2. The molecule has 0 aliphatic rings. The number of benzene rings is 2. The second-order valence-electron chi connectivity index (χ2n) is 6.30. The van der Waals surface area contributed by atoms with Gasteiger partial charge in [-0.2, -0.15) is 11.8 Å². The number of carbonyl (C=O) groups excluding carboxylic acids is 2. The van der Waals surface area contributed by atoms with Crippen LogP contribution in [0.2, 0.25) is 5.02 Å². The lowest BCUT2D eigenvalue weighted by atomic mass is 10.1. The van der Waals surface area contributed by atoms with Gasteiger partial charge in [-0.1, -0.05) is 23.7 Å². The van der Waals surface area contributed by atoms with Crippen LogP contribution in [-0.4, -0.2) is 41.9 Å². The van der Waals surface area contributed by atoms with Crippen molar-refractivity contribution in [2.45, 2.75) is 19.0 Å². The monoisotopic (exact) mass is 451 g/mol. The molecular weight excluding hydrogens is 430 g/mol. The van der Waals surface area contributed by atoms with E-state index in [4.69, 9.17) is 16.3 Å². The Bertz CT molecular complexity index is 908. The van der Waals surface area contributed by atoms with E-state index in [0.717, 1.165) is 11.6 Å². The van der Waals surface area contributed by atoms with E-state index in [1.54, 1.807) is 31.0 Å². The zero-order valence-electron chi connectivity index (χ0n) is 16.5. The number of halogens is 1. The van der Waals surface area contributed by atoms with Crippen molar-refractivity contribution in [1.29, 1.82) is 0 Å². The van der Waals surface area contributed by atoms with Gasteiger partial charge in [-0.05, 0) is 48.3 Å². The summed E-state index contributed by atoms with van der Waals surface area (Å²) in [5.41, 5.74) is 0.574. The number of hydrogen-bond donors (Lipinski definition) is 2. The van der Waals surface area contributed by atoms with Gasteiger partial charge in [-0.25, -0.2) is 0 Å². The van der Waals surface area contributed by atoms with E-state index < -0.39 is 16.9 Å². The van der Waals surface area contributed by atoms with Crippen molar-refractivity contribution in [2.75, 3.05) is 19.1 Å². The fourth-order valence-electron chi connectivity index (χ4n) is 2.60. The van der Waals surface area contributed by atoms with E-state index in [1.165, 1.54) is 12.1 Å². The average molecular weight is 452 g/mol. The molecule has 1 atom stereocenters. The number of nitrogens with zero attached hydrogens (tertiary/aromatic N) is 1. The maximum atomic E-state index is 12.7. The zero-order valence-corrected chi connectivity index (χ0v) is 18.1. The van der Waals surface area contributed by atoms with Crippen molar-refractivity contribution in [2.24, 2.45) is 0 Å². The maximum absolute atomic E-state index is 12.7. The standard InChI is InChI=1S/C20H22ClN3O5S/c1-29-15-6-3-13(4-7-15)12-22-20(26)17(9-10-30-2)23-19(25)14-5-8-16(21)18(11-14)24(27)28/h3-8,11,17H,9-10,12H2,1-2H3,(H,22,26)(H,23,25). The third kappa shape index (κ3) is 6.64. The molecule has 0 aromatic heterocycles. The van der Waals surface area contributed by atoms with Crippen LogP contribution in [0.25, 0.3) is 0 Å². The van der Waals surface area contributed by atoms with Crippen LogP contribution in [-0.2, 0) is 11.3 Å². The third-order valence-electron chi connectivity index (χ3n) is 4.26. The summed E-state index contributed by atoms with van der Waals surface area (Å²) in [4.78, 5) is 35.6. The molecule has 0 spiro atoms. The molecule has 2 N–H and O–H groups in total. The molecule has 0 heterocycles. The molecule has 0 saturated carbocycles. The number of methoxy groups -OCH3 is 1. The SMILES string of the molecule is COc1ccc(CNC(=O)C(CCSC)NC(=O)c2ccc(Cl)c([N+](=O)[O-])c2)cc1. The third-order valence-corrected chi connectivity index (χ3v) is 5.23. The quantitative estimate of drug-likeness (QED) is 0.423. The second-order valence-corrected chi connectivity index (χ2v) is 7.69. The lowest BCUT2D eigenvalue weighted by Gasteiger charge is -2.18. The highest BCUT2D eigenvalue weighted by molar-refractivity contribution is 7.98. The summed E-state index contributed by atoms with van der Waals surface area (Å²) >= 11 is 7.34. The van der Waals surface area contributed by atoms with Crippen molar-refractivity contribution < 1.29 is 19.2 Å². The van der Waals surface area contributed by atoms with E-state index in [1.807, 2.05) is 18.4 Å². The van der Waals surface area contributed by atoms with Gasteiger partial charge in [0.05, 0.1) is 12.0 Å². The molecule has 0 aliphatic carbocycles. The minimum Gasteiger partial charge on any atom is -0.497 e. The summed E-state index contributed by atoms with van der Waals surface area (Å²) in [5, 5.41) is 16.4. The van der Waals surface area contributed by atoms with E-state index >= 15 is 0 Å². The molecule has 10 heteroatoms. The van der Waals surface area contributed by atoms with Crippen molar-refractivity contribution in [3.8, 4) is 5.75 Å². The van der Waals surface area contributed by atoms with Gasteiger partial charge in [0.25, 0.3) is 11.6 Å². The number of ether oxygens (including phenoxy) is 1. The number of amides is 2. The Labute approximate surface area is 183 Å². The molecule has 0 bridgehead atoms. The van der Waals surface area contributed by atoms with E-state index in [2.05, 4.69) is 10.6 Å². The number of thioether (sulfide) groups is 1. The molecule has 0 saturated heterocycles. The Hall–Kier alpha value is -2.78. The van der Waals surface area contributed by atoms with Gasteiger partial charge in [-0.15, -0.1) is 0 Å². The Morgan fingerprint density at radius 3 is 2.53 bits per heavy atom. The molecule has 0 radical (unpaired) electrons. The molecule has 30 heavy (non-hydrogen) atoms. The maximum Gasteiger partial charge on any atom is 0.288 e. The molecule has 0 aliphatic heterocycles. The van der Waals surface area contributed by atoms with E-state index in [0.29, 0.717) is 24.5 Å².